The minimum absolute atomic E-state index is 0.110. The molecule has 2 saturated heterocycles. The molecule has 10 heteroatoms. The molecule has 4 heterocycles. The number of thiol groups is 1. The molecule has 2 aromatic heterocycles. The molecular formula is C39H62N8S2. The SMILES string of the molecule is C#C.C=C.CC.CCC/C(C(=N)c1nc(CC[C@@H]2CCCN2C)cc(N2CCNC(C)C2)n1)=C(/C)C1CCCc2sc(N)c(C#N)c21.CS. The smallest absolute Gasteiger partial charge is 0.179 e. The predicted molar refractivity (Wildman–Crippen MR) is 217 cm³/mol. The van der Waals surface area contributed by atoms with Crippen molar-refractivity contribution in [3.63, 3.8) is 0 Å². The van der Waals surface area contributed by atoms with Crippen molar-refractivity contribution in [2.24, 2.45) is 0 Å². The van der Waals surface area contributed by atoms with Crippen LogP contribution in [0.3, 0.4) is 0 Å². The first-order valence-electron chi connectivity index (χ1n) is 17.7. The second-order valence-electron chi connectivity index (χ2n) is 12.2. The quantitative estimate of drug-likeness (QED) is 0.0903. The van der Waals surface area contributed by atoms with Gasteiger partial charge in [0.15, 0.2) is 5.82 Å². The molecule has 3 atom stereocenters. The Bertz CT molecular complexity index is 1410. The fourth-order valence-corrected chi connectivity index (χ4v) is 8.15. The highest BCUT2D eigenvalue weighted by Crippen LogP contribution is 2.46. The summed E-state index contributed by atoms with van der Waals surface area (Å²) in [5.74, 6) is 1.58. The van der Waals surface area contributed by atoms with Crippen LogP contribution in [0.4, 0.5) is 10.8 Å². The number of terminal acetylenes is 1. The molecule has 1 aliphatic carbocycles. The predicted octanol–water partition coefficient (Wildman–Crippen LogP) is 8.05. The summed E-state index contributed by atoms with van der Waals surface area (Å²) in [6, 6.07) is 5.54. The lowest BCUT2D eigenvalue weighted by Crippen LogP contribution is -2.49. The molecule has 0 bridgehead atoms. The number of piperazine rings is 1. The van der Waals surface area contributed by atoms with Gasteiger partial charge in [0.25, 0.3) is 0 Å². The number of nitriles is 1. The number of fused-ring (bicyclic) bond motifs is 1. The Morgan fingerprint density at radius 1 is 1.20 bits per heavy atom. The topological polar surface area (TPSA) is 118 Å². The van der Waals surface area contributed by atoms with Crippen molar-refractivity contribution >= 4 is 40.5 Å². The highest BCUT2D eigenvalue weighted by Gasteiger charge is 2.31. The third-order valence-corrected chi connectivity index (χ3v) is 10.4. The fourth-order valence-electron chi connectivity index (χ4n) is 7.02. The number of nitrogens with zero attached hydrogens (tertiary/aromatic N) is 5. The van der Waals surface area contributed by atoms with E-state index in [2.05, 4.69) is 93.7 Å². The number of thiophene rings is 1. The average molecular weight is 707 g/mol. The van der Waals surface area contributed by atoms with Crippen LogP contribution in [-0.4, -0.2) is 72.1 Å². The molecule has 3 aliphatic rings. The molecular weight excluding hydrogens is 645 g/mol. The number of aromatic nitrogens is 2. The lowest BCUT2D eigenvalue weighted by molar-refractivity contribution is 0.296. The van der Waals surface area contributed by atoms with Gasteiger partial charge in [0.1, 0.15) is 22.6 Å². The zero-order valence-corrected chi connectivity index (χ0v) is 33.0. The van der Waals surface area contributed by atoms with E-state index < -0.39 is 0 Å². The van der Waals surface area contributed by atoms with Crippen LogP contribution in [0.2, 0.25) is 0 Å². The van der Waals surface area contributed by atoms with Crippen molar-refractivity contribution in [3.8, 4) is 18.9 Å². The van der Waals surface area contributed by atoms with Gasteiger partial charge >= 0.3 is 0 Å². The van der Waals surface area contributed by atoms with Crippen LogP contribution < -0.4 is 16.0 Å². The number of nitrogen functional groups attached to an aromatic ring is 1. The van der Waals surface area contributed by atoms with E-state index in [1.165, 1.54) is 29.8 Å². The van der Waals surface area contributed by atoms with Gasteiger partial charge in [-0.05, 0) is 96.2 Å². The highest BCUT2D eigenvalue weighted by atomic mass is 32.1. The zero-order valence-electron chi connectivity index (χ0n) is 31.2. The van der Waals surface area contributed by atoms with Gasteiger partial charge in [0.05, 0.1) is 5.56 Å². The summed E-state index contributed by atoms with van der Waals surface area (Å²) in [5.41, 5.74) is 11.7. The molecule has 0 spiro atoms. The average Bonchev–Trinajstić information content (AvgIpc) is 3.72. The van der Waals surface area contributed by atoms with Gasteiger partial charge in [0, 0.05) is 54.3 Å². The molecule has 5 rings (SSSR count). The van der Waals surface area contributed by atoms with Gasteiger partial charge in [0.2, 0.25) is 0 Å². The number of allylic oxidation sites excluding steroid dienone is 2. The van der Waals surface area contributed by atoms with Crippen LogP contribution in [0.5, 0.6) is 0 Å². The van der Waals surface area contributed by atoms with Crippen molar-refractivity contribution in [1.29, 1.82) is 10.7 Å². The molecule has 49 heavy (non-hydrogen) atoms. The normalized spacial score (nSPS) is 20.2. The fraction of sp³-hybridized carbons (Fsp3) is 0.590. The minimum Gasteiger partial charge on any atom is -0.389 e. The molecule has 270 valence electrons. The summed E-state index contributed by atoms with van der Waals surface area (Å²) >= 11 is 5.10. The first-order valence-corrected chi connectivity index (χ1v) is 19.5. The molecule has 8 nitrogen and oxygen atoms in total. The van der Waals surface area contributed by atoms with Crippen molar-refractivity contribution in [3.05, 3.63) is 57.9 Å². The number of hydrogen-bond acceptors (Lipinski definition) is 10. The van der Waals surface area contributed by atoms with E-state index in [-0.39, 0.29) is 5.92 Å². The Kier molecular flexibility index (Phi) is 20.9. The lowest BCUT2D eigenvalue weighted by atomic mass is 9.78. The van der Waals surface area contributed by atoms with Crippen LogP contribution in [0.25, 0.3) is 0 Å². The zero-order chi connectivity index (χ0) is 37.1. The Balaban J connectivity index is 0.00000140. The third-order valence-electron chi connectivity index (χ3n) is 9.29. The van der Waals surface area contributed by atoms with E-state index in [9.17, 15) is 10.7 Å². The molecule has 2 fully saturated rings. The van der Waals surface area contributed by atoms with E-state index in [0.29, 0.717) is 34.2 Å². The lowest BCUT2D eigenvalue weighted by Gasteiger charge is -2.33. The van der Waals surface area contributed by atoms with Gasteiger partial charge in [-0.25, -0.2) is 9.97 Å². The van der Waals surface area contributed by atoms with E-state index >= 15 is 0 Å². The van der Waals surface area contributed by atoms with Crippen LogP contribution in [-0.2, 0) is 12.8 Å². The minimum atomic E-state index is 0.110. The first-order chi connectivity index (χ1) is 23.8. The Morgan fingerprint density at radius 2 is 1.90 bits per heavy atom. The van der Waals surface area contributed by atoms with Gasteiger partial charge in [-0.2, -0.15) is 17.9 Å². The Hall–Kier alpha value is -3.15. The molecule has 2 unspecified atom stereocenters. The molecule has 0 amide bonds. The third kappa shape index (κ3) is 11.4. The van der Waals surface area contributed by atoms with Crippen molar-refractivity contribution in [2.75, 3.05) is 50.1 Å². The monoisotopic (exact) mass is 706 g/mol. The van der Waals surface area contributed by atoms with Crippen molar-refractivity contribution in [1.82, 2.24) is 20.2 Å². The van der Waals surface area contributed by atoms with Crippen LogP contribution in [0.15, 0.2) is 30.4 Å². The van der Waals surface area contributed by atoms with Gasteiger partial charge in [-0.1, -0.05) is 32.8 Å². The maximum absolute atomic E-state index is 9.93. The number of nitrogens with two attached hydrogens (primary N) is 1. The maximum Gasteiger partial charge on any atom is 0.179 e. The molecule has 0 saturated carbocycles. The Morgan fingerprint density at radius 3 is 2.49 bits per heavy atom. The molecule has 4 N–H and O–H groups in total. The molecule has 0 aromatic carbocycles. The summed E-state index contributed by atoms with van der Waals surface area (Å²) in [6.45, 7) is 20.4. The van der Waals surface area contributed by atoms with Gasteiger partial charge in [-0.15, -0.1) is 37.3 Å². The number of aryl methyl sites for hydroxylation is 2. The van der Waals surface area contributed by atoms with E-state index in [1.54, 1.807) is 17.6 Å². The van der Waals surface area contributed by atoms with Crippen LogP contribution >= 0.6 is 24.0 Å². The largest absolute Gasteiger partial charge is 0.389 e. The van der Waals surface area contributed by atoms with Crippen LogP contribution in [0, 0.1) is 29.6 Å². The van der Waals surface area contributed by atoms with Crippen molar-refractivity contribution < 1.29 is 0 Å². The number of anilines is 2. The molecule has 2 aromatic rings. The second-order valence-corrected chi connectivity index (χ2v) is 13.3. The number of likely N-dealkylation sites (tertiary alicyclic amines) is 1. The summed E-state index contributed by atoms with van der Waals surface area (Å²) in [4.78, 5) is 16.2. The van der Waals surface area contributed by atoms with Crippen LogP contribution in [0.1, 0.15) is 113 Å². The number of hydrogen-bond donors (Lipinski definition) is 4. The second kappa shape index (κ2) is 23.3. The van der Waals surface area contributed by atoms with E-state index in [1.807, 2.05) is 13.8 Å². The Labute approximate surface area is 307 Å². The first kappa shape index (κ1) is 43.9. The molecule has 0 radical (unpaired) electrons. The standard InChI is InChI=1S/C32H46N8S.C2H6.C2H4.C2H2.CH4S/c1-5-8-25(21(3)24-10-6-11-27-29(24)26(18-33)31(35)41-27)30(34)32-37-22(12-13-23-9-7-15-39(23)4)17-28(38-32)40-16-14-36-20(2)19-40;4*1-2/h17,20,23-24,34,36H,5-16,19,35H2,1-4H3;1-2H3;1-2H2;1-2H;2H,1H3/b25-21+,34-30?;;;;/t20?,23-,24?;;;;/m0..../s1. The van der Waals surface area contributed by atoms with E-state index in [4.69, 9.17) is 15.7 Å². The van der Waals surface area contributed by atoms with Crippen molar-refractivity contribution in [2.45, 2.75) is 110 Å². The highest BCUT2D eigenvalue weighted by molar-refractivity contribution is 7.79. The maximum atomic E-state index is 9.93. The van der Waals surface area contributed by atoms with Gasteiger partial charge in [-0.3, -0.25) is 5.41 Å². The number of rotatable bonds is 9. The summed E-state index contributed by atoms with van der Waals surface area (Å²) in [7, 11) is 2.23. The summed E-state index contributed by atoms with van der Waals surface area (Å²) in [5, 5.41) is 23.6. The summed E-state index contributed by atoms with van der Waals surface area (Å²) < 4.78 is 0. The molecule has 2 aliphatic heterocycles. The summed E-state index contributed by atoms with van der Waals surface area (Å²) in [6.07, 6.45) is 18.9. The van der Waals surface area contributed by atoms with Gasteiger partial charge < -0.3 is 20.9 Å². The van der Waals surface area contributed by atoms with E-state index in [0.717, 1.165) is 87.2 Å². The number of nitrogens with one attached hydrogen (secondary N) is 2.